The Balaban J connectivity index is 1.63. The molecule has 0 spiro atoms. The number of primary amides is 1. The molecule has 0 fully saturated rings. The first-order valence-corrected chi connectivity index (χ1v) is 7.29. The standard InChI is InChI=1S/C18H15N3O3/c19-17(22)14-8-6-13(7-9-14)12-24-18(23)15-10-20-21(11-15)16-4-2-1-3-5-16/h1-11H,12H2,(H2,19,22). The van der Waals surface area contributed by atoms with Crippen molar-refractivity contribution in [2.45, 2.75) is 6.61 Å². The molecule has 1 aromatic heterocycles. The smallest absolute Gasteiger partial charge is 0.341 e. The van der Waals surface area contributed by atoms with Crippen LogP contribution in [0.4, 0.5) is 0 Å². The number of carbonyl (C=O) groups is 2. The third kappa shape index (κ3) is 3.49. The van der Waals surface area contributed by atoms with Gasteiger partial charge in [0.05, 0.1) is 17.4 Å². The van der Waals surface area contributed by atoms with E-state index in [1.165, 1.54) is 6.20 Å². The molecule has 1 amide bonds. The van der Waals surface area contributed by atoms with Crippen LogP contribution in [0, 0.1) is 0 Å². The second-order valence-corrected chi connectivity index (χ2v) is 5.15. The lowest BCUT2D eigenvalue weighted by Gasteiger charge is -2.04. The Hall–Kier alpha value is -3.41. The molecule has 0 saturated heterocycles. The van der Waals surface area contributed by atoms with Crippen LogP contribution in [0.25, 0.3) is 5.69 Å². The van der Waals surface area contributed by atoms with Gasteiger partial charge >= 0.3 is 5.97 Å². The SMILES string of the molecule is NC(=O)c1ccc(COC(=O)c2cnn(-c3ccccc3)c2)cc1. The summed E-state index contributed by atoms with van der Waals surface area (Å²) in [5.41, 5.74) is 7.59. The van der Waals surface area contributed by atoms with E-state index in [4.69, 9.17) is 10.5 Å². The topological polar surface area (TPSA) is 87.2 Å². The van der Waals surface area contributed by atoms with Crippen LogP contribution in [0.5, 0.6) is 0 Å². The summed E-state index contributed by atoms with van der Waals surface area (Å²) in [6.07, 6.45) is 3.08. The van der Waals surface area contributed by atoms with Crippen LogP contribution < -0.4 is 5.73 Å². The molecule has 2 N–H and O–H groups in total. The molecule has 3 aromatic rings. The van der Waals surface area contributed by atoms with Gasteiger partial charge in [-0.3, -0.25) is 4.79 Å². The molecule has 1 heterocycles. The summed E-state index contributed by atoms with van der Waals surface area (Å²) in [5, 5.41) is 4.16. The Morgan fingerprint density at radius 3 is 2.38 bits per heavy atom. The van der Waals surface area contributed by atoms with Crippen LogP contribution >= 0.6 is 0 Å². The molecule has 24 heavy (non-hydrogen) atoms. The van der Waals surface area contributed by atoms with E-state index in [9.17, 15) is 9.59 Å². The average Bonchev–Trinajstić information content (AvgIpc) is 3.11. The predicted molar refractivity (Wildman–Crippen MR) is 87.6 cm³/mol. The second-order valence-electron chi connectivity index (χ2n) is 5.15. The quantitative estimate of drug-likeness (QED) is 0.731. The van der Waals surface area contributed by atoms with Gasteiger partial charge in [-0.2, -0.15) is 5.10 Å². The Morgan fingerprint density at radius 1 is 1.00 bits per heavy atom. The highest BCUT2D eigenvalue weighted by molar-refractivity contribution is 5.92. The fraction of sp³-hybridized carbons (Fsp3) is 0.0556. The number of aromatic nitrogens is 2. The minimum atomic E-state index is -0.494. The average molecular weight is 321 g/mol. The number of nitrogens with two attached hydrogens (primary N) is 1. The molecule has 0 saturated carbocycles. The van der Waals surface area contributed by atoms with Gasteiger partial charge in [-0.15, -0.1) is 0 Å². The lowest BCUT2D eigenvalue weighted by Crippen LogP contribution is -2.10. The van der Waals surface area contributed by atoms with E-state index >= 15 is 0 Å². The van der Waals surface area contributed by atoms with Crippen molar-refractivity contribution in [2.24, 2.45) is 5.73 Å². The molecule has 0 unspecified atom stereocenters. The Bertz CT molecular complexity index is 855. The summed E-state index contributed by atoms with van der Waals surface area (Å²) in [6, 6.07) is 16.1. The van der Waals surface area contributed by atoms with E-state index in [-0.39, 0.29) is 6.61 Å². The maximum absolute atomic E-state index is 12.1. The number of hydrogen-bond acceptors (Lipinski definition) is 4. The van der Waals surface area contributed by atoms with Gasteiger partial charge in [0.15, 0.2) is 0 Å². The molecule has 0 bridgehead atoms. The summed E-state index contributed by atoms with van der Waals surface area (Å²) in [5.74, 6) is -0.956. The lowest BCUT2D eigenvalue weighted by atomic mass is 10.1. The van der Waals surface area contributed by atoms with E-state index in [2.05, 4.69) is 5.10 Å². The van der Waals surface area contributed by atoms with Gasteiger partial charge in [-0.05, 0) is 29.8 Å². The minimum Gasteiger partial charge on any atom is -0.457 e. The second kappa shape index (κ2) is 6.78. The van der Waals surface area contributed by atoms with Crippen LogP contribution in [0.3, 0.4) is 0 Å². The third-order valence-corrected chi connectivity index (χ3v) is 3.45. The number of benzene rings is 2. The molecule has 0 aliphatic rings. The summed E-state index contributed by atoms with van der Waals surface area (Å²) >= 11 is 0. The fourth-order valence-corrected chi connectivity index (χ4v) is 2.15. The van der Waals surface area contributed by atoms with Crippen molar-refractivity contribution < 1.29 is 14.3 Å². The highest BCUT2D eigenvalue weighted by Crippen LogP contribution is 2.10. The zero-order valence-corrected chi connectivity index (χ0v) is 12.8. The summed E-state index contributed by atoms with van der Waals surface area (Å²) < 4.78 is 6.86. The number of ether oxygens (including phenoxy) is 1. The molecule has 120 valence electrons. The number of rotatable bonds is 5. The predicted octanol–water partition coefficient (Wildman–Crippen LogP) is 2.33. The van der Waals surface area contributed by atoms with Crippen LogP contribution in [0.15, 0.2) is 67.0 Å². The first-order valence-electron chi connectivity index (χ1n) is 7.29. The van der Waals surface area contributed by atoms with Crippen LogP contribution in [0.2, 0.25) is 0 Å². The van der Waals surface area contributed by atoms with Gasteiger partial charge in [0, 0.05) is 11.8 Å². The molecule has 3 rings (SSSR count). The van der Waals surface area contributed by atoms with Crippen molar-refractivity contribution in [3.8, 4) is 5.69 Å². The highest BCUT2D eigenvalue weighted by Gasteiger charge is 2.11. The normalized spacial score (nSPS) is 10.3. The monoisotopic (exact) mass is 321 g/mol. The first kappa shape index (κ1) is 15.5. The number of amides is 1. The highest BCUT2D eigenvalue weighted by atomic mass is 16.5. The summed E-state index contributed by atoms with van der Waals surface area (Å²) in [6.45, 7) is 0.106. The molecular formula is C18H15N3O3. The van der Waals surface area contributed by atoms with Crippen molar-refractivity contribution >= 4 is 11.9 Å². The third-order valence-electron chi connectivity index (χ3n) is 3.45. The van der Waals surface area contributed by atoms with Gasteiger partial charge in [-0.1, -0.05) is 30.3 Å². The van der Waals surface area contributed by atoms with Crippen LogP contribution in [0.1, 0.15) is 26.3 Å². The van der Waals surface area contributed by atoms with E-state index in [0.717, 1.165) is 11.3 Å². The van der Waals surface area contributed by atoms with Crippen LogP contribution in [-0.4, -0.2) is 21.7 Å². The summed E-state index contributed by atoms with van der Waals surface area (Å²) in [7, 11) is 0. The van der Waals surface area contributed by atoms with E-state index < -0.39 is 11.9 Å². The molecule has 6 heteroatoms. The van der Waals surface area contributed by atoms with Crippen molar-refractivity contribution in [2.75, 3.05) is 0 Å². The first-order chi connectivity index (χ1) is 11.6. The van der Waals surface area contributed by atoms with E-state index in [1.807, 2.05) is 30.3 Å². The van der Waals surface area contributed by atoms with Gasteiger partial charge in [0.1, 0.15) is 6.61 Å². The molecular weight excluding hydrogens is 306 g/mol. The number of esters is 1. The minimum absolute atomic E-state index is 0.106. The molecule has 0 aliphatic carbocycles. The van der Waals surface area contributed by atoms with Crippen LogP contribution in [-0.2, 0) is 11.3 Å². The van der Waals surface area contributed by atoms with Crippen molar-refractivity contribution in [3.05, 3.63) is 83.7 Å². The number of carbonyl (C=O) groups excluding carboxylic acids is 2. The largest absolute Gasteiger partial charge is 0.457 e. The van der Waals surface area contributed by atoms with Crippen molar-refractivity contribution in [3.63, 3.8) is 0 Å². The van der Waals surface area contributed by atoms with Gasteiger partial charge in [-0.25, -0.2) is 9.48 Å². The molecule has 0 aliphatic heterocycles. The molecule has 0 radical (unpaired) electrons. The van der Waals surface area contributed by atoms with Gasteiger partial charge in [0.25, 0.3) is 0 Å². The molecule has 6 nitrogen and oxygen atoms in total. The number of hydrogen-bond donors (Lipinski definition) is 1. The number of para-hydroxylation sites is 1. The molecule has 0 atom stereocenters. The van der Waals surface area contributed by atoms with E-state index in [1.54, 1.807) is 35.1 Å². The zero-order chi connectivity index (χ0) is 16.9. The maximum atomic E-state index is 12.1. The van der Waals surface area contributed by atoms with Crippen molar-refractivity contribution in [1.29, 1.82) is 0 Å². The van der Waals surface area contributed by atoms with Gasteiger partial charge < -0.3 is 10.5 Å². The Morgan fingerprint density at radius 2 is 1.71 bits per heavy atom. The maximum Gasteiger partial charge on any atom is 0.341 e. The molecule has 2 aromatic carbocycles. The van der Waals surface area contributed by atoms with Crippen molar-refractivity contribution in [1.82, 2.24) is 9.78 Å². The Labute approximate surface area is 138 Å². The zero-order valence-electron chi connectivity index (χ0n) is 12.8. The van der Waals surface area contributed by atoms with Gasteiger partial charge in [0.2, 0.25) is 5.91 Å². The fourth-order valence-electron chi connectivity index (χ4n) is 2.15. The Kier molecular flexibility index (Phi) is 4.38. The number of nitrogens with zero attached hydrogens (tertiary/aromatic N) is 2. The van der Waals surface area contributed by atoms with E-state index in [0.29, 0.717) is 11.1 Å². The lowest BCUT2D eigenvalue weighted by molar-refractivity contribution is 0.0472. The summed E-state index contributed by atoms with van der Waals surface area (Å²) in [4.78, 5) is 23.1.